The van der Waals surface area contributed by atoms with E-state index in [-0.39, 0.29) is 5.41 Å². The summed E-state index contributed by atoms with van der Waals surface area (Å²) in [6.07, 6.45) is 6.67. The van der Waals surface area contributed by atoms with Crippen LogP contribution in [0.2, 0.25) is 0 Å². The first kappa shape index (κ1) is 13.0. The van der Waals surface area contributed by atoms with Crippen molar-refractivity contribution in [1.29, 1.82) is 0 Å². The molecule has 0 atom stereocenters. The van der Waals surface area contributed by atoms with Crippen LogP contribution in [0.3, 0.4) is 0 Å². The van der Waals surface area contributed by atoms with E-state index in [1.54, 1.807) is 0 Å². The maximum atomic E-state index is 3.75. The average molecular weight is 215 g/mol. The van der Waals surface area contributed by atoms with Gasteiger partial charge in [-0.25, -0.2) is 0 Å². The van der Waals surface area contributed by atoms with Gasteiger partial charge in [0.15, 0.2) is 0 Å². The lowest BCUT2D eigenvalue weighted by atomic mass is 9.84. The molecule has 1 radical (unpaired) electrons. The molecule has 1 aromatic carbocycles. The van der Waals surface area contributed by atoms with Crippen molar-refractivity contribution >= 4 is 0 Å². The molecule has 0 bridgehead atoms. The molecule has 0 heterocycles. The lowest BCUT2D eigenvalue weighted by Gasteiger charge is -2.20. The van der Waals surface area contributed by atoms with Crippen LogP contribution in [-0.4, -0.2) is 0 Å². The fourth-order valence-electron chi connectivity index (χ4n) is 1.75. The zero-order valence-electron chi connectivity index (χ0n) is 11.1. The van der Waals surface area contributed by atoms with Crippen LogP contribution in [0.5, 0.6) is 0 Å². The Kier molecular flexibility index (Phi) is 4.35. The van der Waals surface area contributed by atoms with E-state index in [0.29, 0.717) is 0 Å². The van der Waals surface area contributed by atoms with E-state index in [1.165, 1.54) is 24.0 Å². The van der Waals surface area contributed by atoms with Gasteiger partial charge in [0.25, 0.3) is 0 Å². The predicted molar refractivity (Wildman–Crippen MR) is 71.7 cm³/mol. The average Bonchev–Trinajstić information content (AvgIpc) is 2.24. The van der Waals surface area contributed by atoms with Crippen molar-refractivity contribution in [3.05, 3.63) is 47.5 Å². The Labute approximate surface area is 100 Å². The van der Waals surface area contributed by atoms with Crippen molar-refractivity contribution in [3.63, 3.8) is 0 Å². The molecule has 0 saturated heterocycles. The van der Waals surface area contributed by atoms with Gasteiger partial charge < -0.3 is 0 Å². The van der Waals surface area contributed by atoms with Gasteiger partial charge in [0.2, 0.25) is 0 Å². The summed E-state index contributed by atoms with van der Waals surface area (Å²) < 4.78 is 0. The summed E-state index contributed by atoms with van der Waals surface area (Å²) in [5.74, 6) is 0. The highest BCUT2D eigenvalue weighted by molar-refractivity contribution is 5.36. The highest BCUT2D eigenvalue weighted by Gasteiger charge is 2.14. The van der Waals surface area contributed by atoms with Gasteiger partial charge >= 0.3 is 0 Å². The number of hydrogen-bond donors (Lipinski definition) is 0. The number of aryl methyl sites for hydroxylation is 1. The van der Waals surface area contributed by atoms with Crippen LogP contribution in [0.25, 0.3) is 0 Å². The molecule has 16 heavy (non-hydrogen) atoms. The Morgan fingerprint density at radius 3 is 2.38 bits per heavy atom. The van der Waals surface area contributed by atoms with E-state index < -0.39 is 0 Å². The van der Waals surface area contributed by atoms with Crippen LogP contribution in [0.1, 0.15) is 57.2 Å². The third-order valence-electron chi connectivity index (χ3n) is 2.88. The fourth-order valence-corrected chi connectivity index (χ4v) is 1.75. The normalized spacial score (nSPS) is 11.5. The SMILES string of the molecule is C=[C]c1cc(CCCC)cc(C(C)(C)C)c1. The second-order valence-corrected chi connectivity index (χ2v) is 5.45. The zero-order valence-corrected chi connectivity index (χ0v) is 11.1. The third-order valence-corrected chi connectivity index (χ3v) is 2.88. The lowest BCUT2D eigenvalue weighted by Crippen LogP contribution is -2.11. The van der Waals surface area contributed by atoms with Crippen LogP contribution < -0.4 is 0 Å². The maximum absolute atomic E-state index is 3.75. The Morgan fingerprint density at radius 1 is 1.19 bits per heavy atom. The van der Waals surface area contributed by atoms with Gasteiger partial charge in [-0.1, -0.05) is 58.9 Å². The van der Waals surface area contributed by atoms with Gasteiger partial charge in [-0.15, -0.1) is 0 Å². The molecule has 0 saturated carbocycles. The van der Waals surface area contributed by atoms with E-state index in [4.69, 9.17) is 0 Å². The van der Waals surface area contributed by atoms with Crippen molar-refractivity contribution in [1.82, 2.24) is 0 Å². The largest absolute Gasteiger partial charge is 0.0906 e. The second kappa shape index (κ2) is 5.34. The molecule has 1 rings (SSSR count). The van der Waals surface area contributed by atoms with Crippen molar-refractivity contribution < 1.29 is 0 Å². The lowest BCUT2D eigenvalue weighted by molar-refractivity contribution is 0.588. The van der Waals surface area contributed by atoms with Gasteiger partial charge in [0, 0.05) is 0 Å². The summed E-state index contributed by atoms with van der Waals surface area (Å²) in [5, 5.41) is 0. The first-order valence-corrected chi connectivity index (χ1v) is 6.15. The van der Waals surface area contributed by atoms with Gasteiger partial charge in [0.05, 0.1) is 0 Å². The first-order valence-electron chi connectivity index (χ1n) is 6.15. The van der Waals surface area contributed by atoms with E-state index in [2.05, 4.69) is 58.5 Å². The van der Waals surface area contributed by atoms with E-state index >= 15 is 0 Å². The number of hydrogen-bond acceptors (Lipinski definition) is 0. The predicted octanol–water partition coefficient (Wildman–Crippen LogP) is 4.66. The zero-order chi connectivity index (χ0) is 12.2. The second-order valence-electron chi connectivity index (χ2n) is 5.45. The molecule has 0 heteroatoms. The molecule has 0 unspecified atom stereocenters. The molecule has 0 amide bonds. The Morgan fingerprint density at radius 2 is 1.88 bits per heavy atom. The molecule has 0 aromatic heterocycles. The van der Waals surface area contributed by atoms with Crippen LogP contribution in [-0.2, 0) is 11.8 Å². The molecule has 0 aliphatic carbocycles. The van der Waals surface area contributed by atoms with Crippen LogP contribution in [0, 0.1) is 6.08 Å². The summed E-state index contributed by atoms with van der Waals surface area (Å²) in [6.45, 7) is 12.7. The van der Waals surface area contributed by atoms with Crippen molar-refractivity contribution in [2.45, 2.75) is 52.4 Å². The van der Waals surface area contributed by atoms with Gasteiger partial charge in [-0.3, -0.25) is 0 Å². The summed E-state index contributed by atoms with van der Waals surface area (Å²) >= 11 is 0. The molecule has 0 fully saturated rings. The number of benzene rings is 1. The van der Waals surface area contributed by atoms with E-state index in [0.717, 1.165) is 12.0 Å². The smallest absolute Gasteiger partial charge is 0.0132 e. The van der Waals surface area contributed by atoms with Crippen LogP contribution >= 0.6 is 0 Å². The van der Waals surface area contributed by atoms with Crippen molar-refractivity contribution in [3.8, 4) is 0 Å². The summed E-state index contributed by atoms with van der Waals surface area (Å²) in [5.41, 5.74) is 4.12. The van der Waals surface area contributed by atoms with E-state index in [9.17, 15) is 0 Å². The first-order chi connectivity index (χ1) is 7.47. The Balaban J connectivity index is 3.06. The molecule has 0 spiro atoms. The van der Waals surface area contributed by atoms with Gasteiger partial charge in [-0.05, 0) is 41.0 Å². The van der Waals surface area contributed by atoms with Gasteiger partial charge in [0.1, 0.15) is 0 Å². The van der Waals surface area contributed by atoms with Gasteiger partial charge in [-0.2, -0.15) is 0 Å². The topological polar surface area (TPSA) is 0 Å². The molecule has 0 nitrogen and oxygen atoms in total. The molecule has 0 N–H and O–H groups in total. The number of unbranched alkanes of at least 4 members (excludes halogenated alkanes) is 1. The molecule has 0 aliphatic rings. The highest BCUT2D eigenvalue weighted by Crippen LogP contribution is 2.25. The maximum Gasteiger partial charge on any atom is -0.0132 e. The quantitative estimate of drug-likeness (QED) is 0.685. The molecular weight excluding hydrogens is 192 g/mol. The number of rotatable bonds is 4. The molecule has 1 aromatic rings. The minimum atomic E-state index is 0.202. The van der Waals surface area contributed by atoms with Crippen molar-refractivity contribution in [2.24, 2.45) is 0 Å². The molecule has 0 aliphatic heterocycles. The standard InChI is InChI=1S/C16H23/c1-6-8-9-14-10-13(7-2)11-15(12-14)16(3,4)5/h10-12H,2,6,8-9H2,1,3-5H3. The van der Waals surface area contributed by atoms with E-state index in [1.807, 2.05) is 0 Å². The van der Waals surface area contributed by atoms with Crippen LogP contribution in [0.4, 0.5) is 0 Å². The highest BCUT2D eigenvalue weighted by atomic mass is 14.2. The third kappa shape index (κ3) is 3.52. The Bertz CT molecular complexity index is 353. The summed E-state index contributed by atoms with van der Waals surface area (Å²) in [6, 6.07) is 6.73. The van der Waals surface area contributed by atoms with Crippen LogP contribution in [0.15, 0.2) is 24.8 Å². The fraction of sp³-hybridized carbons (Fsp3) is 0.500. The molecular formula is C16H23. The minimum absolute atomic E-state index is 0.202. The molecule has 87 valence electrons. The minimum Gasteiger partial charge on any atom is -0.0906 e. The monoisotopic (exact) mass is 215 g/mol. The summed E-state index contributed by atoms with van der Waals surface area (Å²) in [7, 11) is 0. The Hall–Kier alpha value is -1.04. The van der Waals surface area contributed by atoms with Crippen molar-refractivity contribution in [2.75, 3.05) is 0 Å². The summed E-state index contributed by atoms with van der Waals surface area (Å²) in [4.78, 5) is 0.